The summed E-state index contributed by atoms with van der Waals surface area (Å²) in [6.45, 7) is 5.56. The lowest BCUT2D eigenvalue weighted by Gasteiger charge is -2.14. The predicted molar refractivity (Wildman–Crippen MR) is 128 cm³/mol. The molecule has 0 fully saturated rings. The van der Waals surface area contributed by atoms with Gasteiger partial charge in [0.1, 0.15) is 0 Å². The Labute approximate surface area is 197 Å². The first-order valence-corrected chi connectivity index (χ1v) is 11.5. The summed E-state index contributed by atoms with van der Waals surface area (Å²) < 4.78 is 1.77. The molecule has 8 nitrogen and oxygen atoms in total. The molecule has 3 aromatic rings. The number of rotatable bonds is 9. The van der Waals surface area contributed by atoms with Gasteiger partial charge in [-0.3, -0.25) is 14.4 Å². The molecule has 0 saturated carbocycles. The maximum absolute atomic E-state index is 12.8. The van der Waals surface area contributed by atoms with Crippen LogP contribution in [0.4, 0.5) is 5.69 Å². The van der Waals surface area contributed by atoms with E-state index in [1.807, 2.05) is 32.0 Å². The topological polar surface area (TPSA) is 106 Å². The van der Waals surface area contributed by atoms with E-state index in [0.717, 1.165) is 5.56 Å². The summed E-state index contributed by atoms with van der Waals surface area (Å²) in [5.74, 6) is 0.159. The van der Waals surface area contributed by atoms with Crippen molar-refractivity contribution in [2.75, 3.05) is 5.32 Å². The summed E-state index contributed by atoms with van der Waals surface area (Å²) >= 11 is 1.30. The largest absolute Gasteiger partial charge is 0.345 e. The molecule has 0 aliphatic heterocycles. The minimum Gasteiger partial charge on any atom is -0.345 e. The normalized spacial score (nSPS) is 11.6. The summed E-state index contributed by atoms with van der Waals surface area (Å²) in [5.41, 5.74) is 2.71. The van der Waals surface area contributed by atoms with Crippen LogP contribution in [0.1, 0.15) is 52.4 Å². The van der Waals surface area contributed by atoms with Crippen molar-refractivity contribution in [3.63, 3.8) is 0 Å². The Morgan fingerprint density at radius 3 is 2.48 bits per heavy atom. The molecule has 0 spiro atoms. The molecule has 2 aromatic carbocycles. The van der Waals surface area contributed by atoms with Crippen LogP contribution in [0.3, 0.4) is 0 Å². The van der Waals surface area contributed by atoms with E-state index < -0.39 is 5.25 Å². The van der Waals surface area contributed by atoms with E-state index in [1.165, 1.54) is 18.7 Å². The Balaban J connectivity index is 1.62. The van der Waals surface area contributed by atoms with Gasteiger partial charge in [0.2, 0.25) is 5.91 Å². The zero-order valence-electron chi connectivity index (χ0n) is 19.1. The molecule has 0 radical (unpaired) electrons. The second kappa shape index (κ2) is 10.9. The fraction of sp³-hybridized carbons (Fsp3) is 0.292. The van der Waals surface area contributed by atoms with Crippen LogP contribution in [0, 0.1) is 6.92 Å². The number of carbonyl (C=O) groups excluding carboxylic acids is 3. The number of nitrogens with zero attached hydrogens (tertiary/aromatic N) is 3. The lowest BCUT2D eigenvalue weighted by molar-refractivity contribution is -0.115. The molecule has 0 aliphatic rings. The molecule has 1 heterocycles. The van der Waals surface area contributed by atoms with Crippen molar-refractivity contribution in [1.29, 1.82) is 0 Å². The van der Waals surface area contributed by atoms with Gasteiger partial charge in [0.25, 0.3) is 5.91 Å². The molecule has 9 heteroatoms. The van der Waals surface area contributed by atoms with Crippen molar-refractivity contribution in [2.45, 2.75) is 44.1 Å². The van der Waals surface area contributed by atoms with Crippen molar-refractivity contribution in [2.24, 2.45) is 7.05 Å². The second-order valence-corrected chi connectivity index (χ2v) is 8.82. The molecular formula is C24H27N5O3S. The minimum atomic E-state index is -0.399. The third kappa shape index (κ3) is 6.29. The number of benzene rings is 2. The number of carbonyl (C=O) groups is 3. The lowest BCUT2D eigenvalue weighted by Crippen LogP contribution is -2.25. The maximum atomic E-state index is 12.8. The van der Waals surface area contributed by atoms with E-state index in [2.05, 4.69) is 20.8 Å². The zero-order valence-corrected chi connectivity index (χ0v) is 19.9. The number of aryl methyl sites for hydroxylation is 1. The molecule has 1 aromatic heterocycles. The van der Waals surface area contributed by atoms with Crippen LogP contribution in [-0.2, 0) is 18.4 Å². The van der Waals surface area contributed by atoms with Gasteiger partial charge in [0, 0.05) is 23.9 Å². The maximum Gasteiger partial charge on any atom is 0.251 e. The Morgan fingerprint density at radius 2 is 1.79 bits per heavy atom. The lowest BCUT2D eigenvalue weighted by atomic mass is 10.1. The smallest absolute Gasteiger partial charge is 0.251 e. The van der Waals surface area contributed by atoms with Gasteiger partial charge in [-0.2, -0.15) is 0 Å². The van der Waals surface area contributed by atoms with E-state index >= 15 is 0 Å². The molecule has 172 valence electrons. The molecule has 0 bridgehead atoms. The first-order valence-electron chi connectivity index (χ1n) is 10.6. The highest BCUT2D eigenvalue weighted by Gasteiger charge is 2.22. The van der Waals surface area contributed by atoms with Gasteiger partial charge in [-0.1, -0.05) is 48.5 Å². The first kappa shape index (κ1) is 24.2. The highest BCUT2D eigenvalue weighted by molar-refractivity contribution is 8.00. The number of thioether (sulfide) groups is 1. The molecule has 0 aliphatic carbocycles. The van der Waals surface area contributed by atoms with Crippen LogP contribution >= 0.6 is 11.8 Å². The monoisotopic (exact) mass is 465 g/mol. The van der Waals surface area contributed by atoms with Gasteiger partial charge in [-0.05, 0) is 44.5 Å². The number of amides is 2. The standard InChI is InChI=1S/C24H27N5O3S/c1-5-20(23(32)26-19-11-7-9-17(13-19)16(3)30)33-24-28-27-21(29(24)4)14-25-22(31)18-10-6-8-15(2)12-18/h6-13,20H,5,14H2,1-4H3,(H,25,31)(H,26,32). The van der Waals surface area contributed by atoms with Gasteiger partial charge in [0.15, 0.2) is 16.8 Å². The van der Waals surface area contributed by atoms with Crippen molar-refractivity contribution in [3.05, 3.63) is 71.0 Å². The molecule has 3 rings (SSSR count). The van der Waals surface area contributed by atoms with E-state index in [4.69, 9.17) is 0 Å². The van der Waals surface area contributed by atoms with Crippen LogP contribution in [0.15, 0.2) is 53.7 Å². The van der Waals surface area contributed by atoms with Gasteiger partial charge in [-0.15, -0.1) is 10.2 Å². The van der Waals surface area contributed by atoms with Gasteiger partial charge >= 0.3 is 0 Å². The van der Waals surface area contributed by atoms with Crippen LogP contribution in [0.5, 0.6) is 0 Å². The molecule has 2 N–H and O–H groups in total. The molecule has 2 amide bonds. The van der Waals surface area contributed by atoms with Gasteiger partial charge < -0.3 is 15.2 Å². The van der Waals surface area contributed by atoms with E-state index in [1.54, 1.807) is 41.9 Å². The van der Waals surface area contributed by atoms with Crippen LogP contribution in [0.25, 0.3) is 0 Å². The number of Topliss-reactive ketones (excluding diaryl/α,β-unsaturated/α-hetero) is 1. The Bertz CT molecular complexity index is 1170. The summed E-state index contributed by atoms with van der Waals surface area (Å²) in [5, 5.41) is 14.3. The summed E-state index contributed by atoms with van der Waals surface area (Å²) in [7, 11) is 1.80. The van der Waals surface area contributed by atoms with Crippen LogP contribution in [0.2, 0.25) is 0 Å². The van der Waals surface area contributed by atoms with Gasteiger partial charge in [0.05, 0.1) is 11.8 Å². The number of hydrogen-bond acceptors (Lipinski definition) is 6. The predicted octanol–water partition coefficient (Wildman–Crippen LogP) is 3.77. The summed E-state index contributed by atoms with van der Waals surface area (Å²) in [6.07, 6.45) is 0.579. The molecular weight excluding hydrogens is 438 g/mol. The van der Waals surface area contributed by atoms with E-state index in [9.17, 15) is 14.4 Å². The first-order chi connectivity index (χ1) is 15.8. The zero-order chi connectivity index (χ0) is 24.0. The fourth-order valence-electron chi connectivity index (χ4n) is 3.14. The summed E-state index contributed by atoms with van der Waals surface area (Å²) in [6, 6.07) is 14.2. The van der Waals surface area contributed by atoms with E-state index in [-0.39, 0.29) is 24.1 Å². The quantitative estimate of drug-likeness (QED) is 0.368. The number of aromatic nitrogens is 3. The minimum absolute atomic E-state index is 0.0615. The number of ketones is 1. The highest BCUT2D eigenvalue weighted by atomic mass is 32.2. The Morgan fingerprint density at radius 1 is 1.06 bits per heavy atom. The summed E-state index contributed by atoms with van der Waals surface area (Å²) in [4.78, 5) is 36.8. The number of nitrogens with one attached hydrogen (secondary N) is 2. The molecule has 33 heavy (non-hydrogen) atoms. The average Bonchev–Trinajstić information content (AvgIpc) is 3.14. The Kier molecular flexibility index (Phi) is 8.00. The number of hydrogen-bond donors (Lipinski definition) is 2. The molecule has 1 unspecified atom stereocenters. The number of anilines is 1. The third-order valence-corrected chi connectivity index (χ3v) is 6.46. The van der Waals surface area contributed by atoms with Crippen molar-refractivity contribution in [1.82, 2.24) is 20.1 Å². The average molecular weight is 466 g/mol. The SMILES string of the molecule is CCC(Sc1nnc(CNC(=O)c2cccc(C)c2)n1C)C(=O)Nc1cccc(C(C)=O)c1. The Hall–Kier alpha value is -3.46. The van der Waals surface area contributed by atoms with Crippen LogP contribution < -0.4 is 10.6 Å². The van der Waals surface area contributed by atoms with Crippen molar-refractivity contribution >= 4 is 35.0 Å². The van der Waals surface area contributed by atoms with Crippen molar-refractivity contribution in [3.8, 4) is 0 Å². The van der Waals surface area contributed by atoms with Crippen molar-refractivity contribution < 1.29 is 14.4 Å². The molecule has 1 atom stereocenters. The second-order valence-electron chi connectivity index (χ2n) is 7.65. The molecule has 0 saturated heterocycles. The van der Waals surface area contributed by atoms with Crippen LogP contribution in [-0.4, -0.2) is 37.6 Å². The van der Waals surface area contributed by atoms with E-state index in [0.29, 0.717) is 34.2 Å². The fourth-order valence-corrected chi connectivity index (χ4v) is 4.08. The van der Waals surface area contributed by atoms with Gasteiger partial charge in [-0.25, -0.2) is 0 Å². The third-order valence-electron chi connectivity index (χ3n) is 5.06. The highest BCUT2D eigenvalue weighted by Crippen LogP contribution is 2.25.